The van der Waals surface area contributed by atoms with Crippen molar-refractivity contribution in [3.05, 3.63) is 134 Å². The van der Waals surface area contributed by atoms with Crippen LogP contribution >= 0.6 is 0 Å². The molecule has 3 N–H and O–H groups in total. The normalized spacial score (nSPS) is 13.9. The summed E-state index contributed by atoms with van der Waals surface area (Å²) in [6, 6.07) is -0.636. The van der Waals surface area contributed by atoms with E-state index in [4.69, 9.17) is 0 Å². The predicted octanol–water partition coefficient (Wildman–Crippen LogP) is 18.6. The lowest BCUT2D eigenvalue weighted by molar-refractivity contribution is -0.123. The van der Waals surface area contributed by atoms with Gasteiger partial charge in [0, 0.05) is 6.42 Å². The predicted molar refractivity (Wildman–Crippen MR) is 299 cm³/mol. The van der Waals surface area contributed by atoms with Gasteiger partial charge in [-0.05, 0) is 96.3 Å². The molecule has 4 nitrogen and oxygen atoms in total. The van der Waals surface area contributed by atoms with Crippen LogP contribution in [-0.2, 0) is 4.79 Å². The third-order valence-electron chi connectivity index (χ3n) is 11.9. The van der Waals surface area contributed by atoms with Gasteiger partial charge in [-0.1, -0.05) is 270 Å². The molecule has 1 amide bonds. The number of rotatable bonds is 49. The highest BCUT2D eigenvalue weighted by Gasteiger charge is 2.18. The van der Waals surface area contributed by atoms with Gasteiger partial charge in [0.05, 0.1) is 18.8 Å². The molecule has 0 aromatic heterocycles. The largest absolute Gasteiger partial charge is 0.394 e. The standard InChI is InChI=1S/C63H105NO3/c1-3-5-7-9-11-13-15-17-19-21-22-23-24-25-26-27-28-29-30-31-32-33-34-35-36-37-38-39-40-41-42-43-45-47-49-51-53-55-57-59-63(67)64-61(60-65)62(66)58-56-54-52-50-48-46-44-20-18-16-14-12-10-8-6-4-2/h5,7,11,13,17,19,22-23,25-26,28-29,31-32,34-35,37-38,40-41,56,58,61-62,65-66H,3-4,6,8-10,12,14-16,18,20-21,24,27,30,33,36,39,42-55,57,59-60H2,1-2H3,(H,64,67)/b7-5-,13-11-,19-17-,23-22-,26-25-,29-28-,32-31-,35-34-,38-37-,41-40-,58-56+. The number of hydrogen-bond donors (Lipinski definition) is 3. The van der Waals surface area contributed by atoms with Crippen LogP contribution in [-0.4, -0.2) is 34.9 Å². The summed E-state index contributed by atoms with van der Waals surface area (Å²) in [4.78, 5) is 12.5. The molecule has 0 bridgehead atoms. The first-order chi connectivity index (χ1) is 33.2. The summed E-state index contributed by atoms with van der Waals surface area (Å²) in [6.45, 7) is 4.19. The van der Waals surface area contributed by atoms with Crippen molar-refractivity contribution >= 4 is 5.91 Å². The molecule has 0 saturated heterocycles. The maximum atomic E-state index is 12.5. The van der Waals surface area contributed by atoms with Gasteiger partial charge in [0.2, 0.25) is 5.91 Å². The van der Waals surface area contributed by atoms with Crippen molar-refractivity contribution in [1.82, 2.24) is 5.32 Å². The summed E-state index contributed by atoms with van der Waals surface area (Å²) in [6.07, 6.45) is 88.8. The van der Waals surface area contributed by atoms with Crippen molar-refractivity contribution in [2.75, 3.05) is 6.61 Å². The van der Waals surface area contributed by atoms with Crippen LogP contribution in [0.2, 0.25) is 0 Å². The maximum Gasteiger partial charge on any atom is 0.220 e. The topological polar surface area (TPSA) is 69.6 Å². The first kappa shape index (κ1) is 63.5. The Morgan fingerprint density at radius 1 is 0.373 bits per heavy atom. The number of unbranched alkanes of at least 4 members (excludes halogenated alkanes) is 22. The smallest absolute Gasteiger partial charge is 0.220 e. The van der Waals surface area contributed by atoms with Gasteiger partial charge in [-0.25, -0.2) is 0 Å². The highest BCUT2D eigenvalue weighted by molar-refractivity contribution is 5.76. The van der Waals surface area contributed by atoms with Gasteiger partial charge in [0.15, 0.2) is 0 Å². The van der Waals surface area contributed by atoms with Gasteiger partial charge in [0.25, 0.3) is 0 Å². The molecule has 67 heavy (non-hydrogen) atoms. The minimum Gasteiger partial charge on any atom is -0.394 e. The number of nitrogens with one attached hydrogen (secondary N) is 1. The second kappa shape index (κ2) is 56.9. The Kier molecular flexibility index (Phi) is 53.9. The minimum absolute atomic E-state index is 0.0776. The quantitative estimate of drug-likeness (QED) is 0.0421. The average molecular weight is 925 g/mol. The van der Waals surface area contributed by atoms with Crippen LogP contribution in [0.1, 0.15) is 239 Å². The molecule has 0 radical (unpaired) electrons. The van der Waals surface area contributed by atoms with E-state index < -0.39 is 12.1 Å². The van der Waals surface area contributed by atoms with Gasteiger partial charge in [-0.2, -0.15) is 0 Å². The molecule has 0 aromatic rings. The molecule has 2 atom stereocenters. The van der Waals surface area contributed by atoms with Crippen LogP contribution < -0.4 is 5.32 Å². The summed E-state index contributed by atoms with van der Waals surface area (Å²) < 4.78 is 0. The Morgan fingerprint density at radius 2 is 0.657 bits per heavy atom. The van der Waals surface area contributed by atoms with E-state index in [1.807, 2.05) is 6.08 Å². The Labute approximate surface area is 415 Å². The van der Waals surface area contributed by atoms with Gasteiger partial charge < -0.3 is 15.5 Å². The molecule has 2 unspecified atom stereocenters. The zero-order valence-corrected chi connectivity index (χ0v) is 43.6. The van der Waals surface area contributed by atoms with E-state index in [9.17, 15) is 15.0 Å². The number of carbonyl (C=O) groups is 1. The fourth-order valence-corrected chi connectivity index (χ4v) is 7.68. The molecule has 0 aliphatic heterocycles. The number of carbonyl (C=O) groups excluding carboxylic acids is 1. The van der Waals surface area contributed by atoms with E-state index >= 15 is 0 Å². The molecule has 0 spiro atoms. The lowest BCUT2D eigenvalue weighted by Gasteiger charge is -2.20. The Bertz CT molecular complexity index is 1370. The van der Waals surface area contributed by atoms with E-state index in [0.717, 1.165) is 103 Å². The number of amides is 1. The molecular weight excluding hydrogens is 819 g/mol. The van der Waals surface area contributed by atoms with E-state index in [1.165, 1.54) is 116 Å². The molecule has 0 saturated carbocycles. The minimum atomic E-state index is -0.851. The zero-order chi connectivity index (χ0) is 48.5. The van der Waals surface area contributed by atoms with Crippen LogP contribution in [0.15, 0.2) is 134 Å². The monoisotopic (exact) mass is 924 g/mol. The van der Waals surface area contributed by atoms with Crippen molar-refractivity contribution in [2.45, 2.75) is 251 Å². The van der Waals surface area contributed by atoms with Crippen LogP contribution in [0.25, 0.3) is 0 Å². The average Bonchev–Trinajstić information content (AvgIpc) is 3.33. The fourth-order valence-electron chi connectivity index (χ4n) is 7.68. The van der Waals surface area contributed by atoms with Crippen molar-refractivity contribution in [1.29, 1.82) is 0 Å². The van der Waals surface area contributed by atoms with E-state index in [-0.39, 0.29) is 12.5 Å². The zero-order valence-electron chi connectivity index (χ0n) is 43.6. The number of aliphatic hydroxyl groups is 2. The molecule has 0 heterocycles. The fraction of sp³-hybridized carbons (Fsp3) is 0.635. The number of hydrogen-bond acceptors (Lipinski definition) is 3. The highest BCUT2D eigenvalue weighted by atomic mass is 16.3. The molecule has 380 valence electrons. The van der Waals surface area contributed by atoms with Crippen molar-refractivity contribution in [3.8, 4) is 0 Å². The third kappa shape index (κ3) is 53.4. The van der Waals surface area contributed by atoms with Crippen molar-refractivity contribution in [3.63, 3.8) is 0 Å². The van der Waals surface area contributed by atoms with Gasteiger partial charge in [0.1, 0.15) is 0 Å². The molecule has 4 heteroatoms. The molecule has 0 aromatic carbocycles. The Hall–Kier alpha value is -3.47. The summed E-state index contributed by atoms with van der Waals surface area (Å²) in [5.41, 5.74) is 0. The lowest BCUT2D eigenvalue weighted by Crippen LogP contribution is -2.45. The van der Waals surface area contributed by atoms with E-state index in [1.54, 1.807) is 6.08 Å². The van der Waals surface area contributed by atoms with Crippen LogP contribution in [0.3, 0.4) is 0 Å². The lowest BCUT2D eigenvalue weighted by atomic mass is 10.0. The number of allylic oxidation sites excluding steroid dienone is 21. The van der Waals surface area contributed by atoms with Gasteiger partial charge in [-0.3, -0.25) is 4.79 Å². The third-order valence-corrected chi connectivity index (χ3v) is 11.9. The maximum absolute atomic E-state index is 12.5. The number of aliphatic hydroxyl groups excluding tert-OH is 2. The van der Waals surface area contributed by atoms with Crippen LogP contribution in [0.5, 0.6) is 0 Å². The first-order valence-electron chi connectivity index (χ1n) is 27.9. The second-order valence-electron chi connectivity index (χ2n) is 18.3. The first-order valence-corrected chi connectivity index (χ1v) is 27.9. The van der Waals surface area contributed by atoms with Crippen LogP contribution in [0.4, 0.5) is 0 Å². The summed E-state index contributed by atoms with van der Waals surface area (Å²) >= 11 is 0. The van der Waals surface area contributed by atoms with Gasteiger partial charge in [-0.15, -0.1) is 0 Å². The van der Waals surface area contributed by atoms with E-state index in [2.05, 4.69) is 141 Å². The molecular formula is C63H105NO3. The molecule has 0 fully saturated rings. The van der Waals surface area contributed by atoms with Crippen molar-refractivity contribution < 1.29 is 15.0 Å². The van der Waals surface area contributed by atoms with Crippen LogP contribution in [0, 0.1) is 0 Å². The molecule has 0 rings (SSSR count). The summed E-state index contributed by atoms with van der Waals surface area (Å²) in [5.74, 6) is -0.0776. The Balaban J connectivity index is 3.64. The highest BCUT2D eigenvalue weighted by Crippen LogP contribution is 2.15. The molecule has 0 aliphatic carbocycles. The van der Waals surface area contributed by atoms with E-state index in [0.29, 0.717) is 6.42 Å². The Morgan fingerprint density at radius 3 is 0.985 bits per heavy atom. The second-order valence-corrected chi connectivity index (χ2v) is 18.3. The SMILES string of the molecule is CC/C=C\C/C=C\C/C=C\C/C=C\C/C=C\C/C=C\C/C=C\C/C=C\C/C=C\C/C=C\CCCCCCCCCCC(=O)NC(CO)C(O)/C=C/CCCCCCCCCCCCCCCC. The van der Waals surface area contributed by atoms with Crippen molar-refractivity contribution in [2.24, 2.45) is 0 Å². The summed E-state index contributed by atoms with van der Waals surface area (Å²) in [5, 5.41) is 23.1. The molecule has 0 aliphatic rings. The van der Waals surface area contributed by atoms with Gasteiger partial charge >= 0.3 is 0 Å². The summed E-state index contributed by atoms with van der Waals surface area (Å²) in [7, 11) is 0.